The molecule has 0 radical (unpaired) electrons. The van der Waals surface area contributed by atoms with E-state index in [2.05, 4.69) is 180 Å². The van der Waals surface area contributed by atoms with E-state index < -0.39 is 0 Å². The highest BCUT2D eigenvalue weighted by molar-refractivity contribution is 6.14. The highest BCUT2D eigenvalue weighted by Gasteiger charge is 2.18. The van der Waals surface area contributed by atoms with Crippen LogP contribution >= 0.6 is 0 Å². The molecule has 0 saturated carbocycles. The Morgan fingerprint density at radius 1 is 0.271 bits per heavy atom. The molecule has 0 aliphatic heterocycles. The fraction of sp³-hybridized carbons (Fsp3) is 0. The maximum absolute atomic E-state index is 5.48. The van der Waals surface area contributed by atoms with Crippen LogP contribution in [0.1, 0.15) is 0 Å². The highest BCUT2D eigenvalue weighted by Crippen LogP contribution is 2.38. The fourth-order valence-corrected chi connectivity index (χ4v) is 8.56. The van der Waals surface area contributed by atoms with Gasteiger partial charge in [0.2, 0.25) is 0 Å². The second kappa shape index (κ2) is 13.3. The molecule has 5 aromatic heterocycles. The topological polar surface area (TPSA) is 56.5 Å². The monoisotopic (exact) mass is 751 g/mol. The molecule has 0 atom stereocenters. The molecule has 0 aliphatic rings. The van der Waals surface area contributed by atoms with Crippen LogP contribution in [0.3, 0.4) is 0 Å². The first-order chi connectivity index (χ1) is 29.2. The van der Waals surface area contributed by atoms with Gasteiger partial charge in [-0.15, -0.1) is 0 Å². The van der Waals surface area contributed by atoms with Crippen LogP contribution in [-0.4, -0.2) is 24.5 Å². The summed E-state index contributed by atoms with van der Waals surface area (Å²) in [5, 5.41) is 5.36. The van der Waals surface area contributed by atoms with Crippen LogP contribution in [0.25, 0.3) is 116 Å². The number of benzene rings is 7. The lowest BCUT2D eigenvalue weighted by Crippen LogP contribution is -1.94. The van der Waals surface area contributed by atoms with Crippen molar-refractivity contribution in [2.24, 2.45) is 0 Å². The van der Waals surface area contributed by atoms with Crippen LogP contribution < -0.4 is 0 Å². The molecule has 0 spiro atoms. The van der Waals surface area contributed by atoms with Crippen LogP contribution in [-0.2, 0) is 0 Å². The number of nitrogens with zero attached hydrogens (tertiary/aromatic N) is 5. The second-order valence-corrected chi connectivity index (χ2v) is 15.1. The van der Waals surface area contributed by atoms with Crippen molar-refractivity contribution in [3.8, 4) is 50.6 Å². The quantitative estimate of drug-likeness (QED) is 0.164. The van der Waals surface area contributed by atoms with Crippen molar-refractivity contribution in [3.05, 3.63) is 200 Å². The van der Waals surface area contributed by atoms with E-state index in [-0.39, 0.29) is 0 Å². The third kappa shape index (κ3) is 5.55. The van der Waals surface area contributed by atoms with Gasteiger partial charge >= 0.3 is 0 Å². The van der Waals surface area contributed by atoms with E-state index in [1.807, 2.05) is 24.3 Å². The van der Waals surface area contributed by atoms with Gasteiger partial charge in [-0.05, 0) is 59.7 Å². The molecular formula is C54H33N5. The van der Waals surface area contributed by atoms with E-state index >= 15 is 0 Å². The summed E-state index contributed by atoms with van der Waals surface area (Å²) in [6.45, 7) is 0. The molecule has 0 saturated heterocycles. The lowest BCUT2D eigenvalue weighted by molar-refractivity contribution is 1.18. The molecule has 5 heterocycles. The number of aromatic nitrogens is 5. The lowest BCUT2D eigenvalue weighted by Gasteiger charge is -2.10. The summed E-state index contributed by atoms with van der Waals surface area (Å²) < 4.78 is 2.33. The summed E-state index contributed by atoms with van der Waals surface area (Å²) in [5.74, 6) is 0. The Morgan fingerprint density at radius 3 is 1.24 bits per heavy atom. The maximum atomic E-state index is 5.48. The van der Waals surface area contributed by atoms with Gasteiger partial charge in [0.25, 0.3) is 0 Å². The molecule has 0 N–H and O–H groups in total. The molecule has 0 amide bonds. The Balaban J connectivity index is 0.980. The number of hydrogen-bond acceptors (Lipinski definition) is 4. The van der Waals surface area contributed by atoms with Gasteiger partial charge in [0.1, 0.15) is 0 Å². The van der Waals surface area contributed by atoms with E-state index in [0.717, 1.165) is 116 Å². The minimum absolute atomic E-state index is 0.900. The van der Waals surface area contributed by atoms with Crippen molar-refractivity contribution in [2.45, 2.75) is 0 Å². The van der Waals surface area contributed by atoms with E-state index in [1.165, 1.54) is 0 Å². The predicted molar refractivity (Wildman–Crippen MR) is 244 cm³/mol. The van der Waals surface area contributed by atoms with Crippen molar-refractivity contribution in [1.82, 2.24) is 24.5 Å². The lowest BCUT2D eigenvalue weighted by atomic mass is 10.0. The van der Waals surface area contributed by atoms with Gasteiger partial charge in [-0.25, -0.2) is 19.9 Å². The molecule has 5 nitrogen and oxygen atoms in total. The standard InChI is InChI=1S/C54H33N5/c1-4-10-35(11-5-1)45-28-24-38-20-21-39-26-30-47(57-51(39)50(38)55-45)37-18-16-34(17-19-37)41-27-31-48-44(32-41)54-49(59(48)43-14-8-3-9-15-43)33-42-23-22-40-25-29-46(36-12-6-2-7-13-36)56-52(40)53(42)58-54/h1-33H. The van der Waals surface area contributed by atoms with Crippen molar-refractivity contribution < 1.29 is 0 Å². The van der Waals surface area contributed by atoms with Crippen LogP contribution in [0.15, 0.2) is 200 Å². The zero-order chi connectivity index (χ0) is 38.9. The Labute approximate surface area is 339 Å². The van der Waals surface area contributed by atoms with Gasteiger partial charge < -0.3 is 4.57 Å². The van der Waals surface area contributed by atoms with Gasteiger partial charge in [-0.2, -0.15) is 0 Å². The van der Waals surface area contributed by atoms with Gasteiger partial charge in [-0.1, -0.05) is 152 Å². The molecule has 274 valence electrons. The number of pyridine rings is 4. The SMILES string of the molecule is c1ccc(-c2ccc3ccc4ccc(-c5ccc(-c6ccc7c(c6)c6nc8c(ccc9ccc(-c%10ccccc%10)nc98)cc6n7-c6ccccc6)cc5)nc4c3n2)cc1. The first kappa shape index (κ1) is 33.2. The summed E-state index contributed by atoms with van der Waals surface area (Å²) in [4.78, 5) is 21.0. The van der Waals surface area contributed by atoms with Crippen molar-refractivity contribution in [3.63, 3.8) is 0 Å². The largest absolute Gasteiger partial charge is 0.308 e. The normalized spacial score (nSPS) is 11.7. The maximum Gasteiger partial charge on any atom is 0.0974 e. The van der Waals surface area contributed by atoms with Crippen LogP contribution in [0.2, 0.25) is 0 Å². The number of hydrogen-bond donors (Lipinski definition) is 0. The van der Waals surface area contributed by atoms with Gasteiger partial charge in [-0.3, -0.25) is 0 Å². The fourth-order valence-electron chi connectivity index (χ4n) is 8.56. The molecule has 12 rings (SSSR count). The van der Waals surface area contributed by atoms with E-state index in [1.54, 1.807) is 0 Å². The molecule has 59 heavy (non-hydrogen) atoms. The third-order valence-corrected chi connectivity index (χ3v) is 11.5. The van der Waals surface area contributed by atoms with Crippen LogP contribution in [0.4, 0.5) is 0 Å². The summed E-state index contributed by atoms with van der Waals surface area (Å²) in [6.07, 6.45) is 0. The first-order valence-corrected chi connectivity index (χ1v) is 19.9. The first-order valence-electron chi connectivity index (χ1n) is 19.9. The molecule has 7 aromatic carbocycles. The van der Waals surface area contributed by atoms with Gasteiger partial charge in [0, 0.05) is 49.3 Å². The highest BCUT2D eigenvalue weighted by atomic mass is 15.0. The molecule has 0 aliphatic carbocycles. The van der Waals surface area contributed by atoms with Crippen LogP contribution in [0, 0.1) is 0 Å². The Morgan fingerprint density at radius 2 is 0.695 bits per heavy atom. The molecule has 0 unspecified atom stereocenters. The Bertz CT molecular complexity index is 3580. The smallest absolute Gasteiger partial charge is 0.0974 e. The third-order valence-electron chi connectivity index (χ3n) is 11.5. The summed E-state index contributed by atoms with van der Waals surface area (Å²) in [6, 6.07) is 70.2. The van der Waals surface area contributed by atoms with E-state index in [4.69, 9.17) is 19.9 Å². The van der Waals surface area contributed by atoms with Crippen LogP contribution in [0.5, 0.6) is 0 Å². The average molecular weight is 752 g/mol. The zero-order valence-corrected chi connectivity index (χ0v) is 31.8. The Hall–Kier alpha value is -8.02. The zero-order valence-electron chi connectivity index (χ0n) is 31.8. The van der Waals surface area contributed by atoms with Gasteiger partial charge in [0.15, 0.2) is 0 Å². The number of para-hydroxylation sites is 1. The van der Waals surface area contributed by atoms with Gasteiger partial charge in [0.05, 0.1) is 55.7 Å². The van der Waals surface area contributed by atoms with Crippen molar-refractivity contribution in [1.29, 1.82) is 0 Å². The Kier molecular flexibility index (Phi) is 7.47. The van der Waals surface area contributed by atoms with E-state index in [9.17, 15) is 0 Å². The summed E-state index contributed by atoms with van der Waals surface area (Å²) >= 11 is 0. The number of rotatable bonds is 5. The average Bonchev–Trinajstić information content (AvgIpc) is 3.63. The summed E-state index contributed by atoms with van der Waals surface area (Å²) in [5.41, 5.74) is 16.1. The van der Waals surface area contributed by atoms with Crippen molar-refractivity contribution in [2.75, 3.05) is 0 Å². The minimum atomic E-state index is 0.900. The summed E-state index contributed by atoms with van der Waals surface area (Å²) in [7, 11) is 0. The molecule has 0 bridgehead atoms. The van der Waals surface area contributed by atoms with E-state index in [0.29, 0.717) is 0 Å². The number of fused-ring (bicyclic) bond motifs is 9. The molecular weight excluding hydrogens is 719 g/mol. The minimum Gasteiger partial charge on any atom is -0.308 e. The second-order valence-electron chi connectivity index (χ2n) is 15.1. The molecule has 5 heteroatoms. The predicted octanol–water partition coefficient (Wildman–Crippen LogP) is 13.6. The van der Waals surface area contributed by atoms with Crippen molar-refractivity contribution >= 4 is 65.5 Å². The molecule has 12 aromatic rings. The molecule has 0 fully saturated rings.